The minimum Gasteiger partial charge on any atom is -0.352 e. The van der Waals surface area contributed by atoms with Gasteiger partial charge in [-0.1, -0.05) is 25.3 Å². The third-order valence-electron chi connectivity index (χ3n) is 5.72. The molecule has 4 rings (SSSR count). The molecule has 1 fully saturated rings. The molecule has 2 aromatic heterocycles. The van der Waals surface area contributed by atoms with Gasteiger partial charge in [0.1, 0.15) is 6.54 Å². The number of amides is 1. The molecule has 8 nitrogen and oxygen atoms in total. The molecule has 0 radical (unpaired) electrons. The van der Waals surface area contributed by atoms with Gasteiger partial charge < -0.3 is 10.6 Å². The first-order valence-electron chi connectivity index (χ1n) is 10.5. The maximum atomic E-state index is 13.0. The molecule has 30 heavy (non-hydrogen) atoms. The summed E-state index contributed by atoms with van der Waals surface area (Å²) in [5, 5.41) is 10.6. The maximum Gasteiger partial charge on any atom is 0.353 e. The van der Waals surface area contributed by atoms with Crippen molar-refractivity contribution in [1.29, 1.82) is 0 Å². The Morgan fingerprint density at radius 1 is 1.10 bits per heavy atom. The lowest BCUT2D eigenvalue weighted by atomic mass is 9.95. The predicted molar refractivity (Wildman–Crippen MR) is 116 cm³/mol. The molecule has 3 aromatic rings. The van der Waals surface area contributed by atoms with E-state index in [9.17, 15) is 9.59 Å². The van der Waals surface area contributed by atoms with Gasteiger partial charge in [-0.2, -0.15) is 0 Å². The number of anilines is 2. The van der Waals surface area contributed by atoms with E-state index in [1.807, 2.05) is 32.0 Å². The maximum absolute atomic E-state index is 13.0. The summed E-state index contributed by atoms with van der Waals surface area (Å²) in [5.74, 6) is 0.206. The van der Waals surface area contributed by atoms with Crippen molar-refractivity contribution in [3.8, 4) is 0 Å². The van der Waals surface area contributed by atoms with E-state index in [-0.39, 0.29) is 24.2 Å². The molecule has 158 valence electrons. The van der Waals surface area contributed by atoms with Crippen LogP contribution in [0.2, 0.25) is 0 Å². The van der Waals surface area contributed by atoms with Gasteiger partial charge in [0, 0.05) is 23.5 Å². The van der Waals surface area contributed by atoms with Gasteiger partial charge in [-0.05, 0) is 56.9 Å². The van der Waals surface area contributed by atoms with Crippen molar-refractivity contribution < 1.29 is 4.79 Å². The van der Waals surface area contributed by atoms with E-state index in [1.54, 1.807) is 6.07 Å². The third kappa shape index (κ3) is 4.22. The van der Waals surface area contributed by atoms with Gasteiger partial charge >= 0.3 is 5.69 Å². The normalized spacial score (nSPS) is 14.8. The topological polar surface area (TPSA) is 93.3 Å². The Morgan fingerprint density at radius 3 is 2.60 bits per heavy atom. The van der Waals surface area contributed by atoms with Crippen molar-refractivity contribution in [2.45, 2.75) is 65.5 Å². The number of fused-ring (bicyclic) bond motifs is 1. The molecule has 0 atom stereocenters. The van der Waals surface area contributed by atoms with E-state index in [0.29, 0.717) is 11.6 Å². The van der Waals surface area contributed by atoms with Crippen molar-refractivity contribution >= 4 is 23.2 Å². The summed E-state index contributed by atoms with van der Waals surface area (Å²) in [5.41, 5.74) is 3.99. The molecule has 1 saturated carbocycles. The smallest absolute Gasteiger partial charge is 0.352 e. The molecule has 1 amide bonds. The Kier molecular flexibility index (Phi) is 5.57. The number of aryl methyl sites for hydroxylation is 3. The fourth-order valence-corrected chi connectivity index (χ4v) is 3.94. The average molecular weight is 409 g/mol. The summed E-state index contributed by atoms with van der Waals surface area (Å²) in [6.07, 6.45) is 5.49. The standard InChI is InChI=1S/C22H28N6O2/c1-14-9-10-18(11-15(14)2)25-21-23-16(3)12-19-26-27(22(30)28(19)21)13-20(29)24-17-7-5-4-6-8-17/h9-12,17H,4-8,13H2,1-3H3,(H,23,25)(H,24,29). The Labute approximate surface area is 175 Å². The fraction of sp³-hybridized carbons (Fsp3) is 0.455. The van der Waals surface area contributed by atoms with Gasteiger partial charge in [-0.3, -0.25) is 4.79 Å². The summed E-state index contributed by atoms with van der Waals surface area (Å²) < 4.78 is 2.62. The molecule has 1 aromatic carbocycles. The lowest BCUT2D eigenvalue weighted by Crippen LogP contribution is -2.40. The Balaban J connectivity index is 1.61. The van der Waals surface area contributed by atoms with E-state index < -0.39 is 0 Å². The first-order chi connectivity index (χ1) is 14.4. The molecule has 2 N–H and O–H groups in total. The van der Waals surface area contributed by atoms with Crippen LogP contribution in [0, 0.1) is 20.8 Å². The highest BCUT2D eigenvalue weighted by Gasteiger charge is 2.19. The summed E-state index contributed by atoms with van der Waals surface area (Å²) in [7, 11) is 0. The summed E-state index contributed by atoms with van der Waals surface area (Å²) in [6.45, 7) is 5.84. The molecule has 8 heteroatoms. The molecule has 0 saturated heterocycles. The first-order valence-corrected chi connectivity index (χ1v) is 10.5. The second-order valence-electron chi connectivity index (χ2n) is 8.18. The number of aromatic nitrogens is 4. The highest BCUT2D eigenvalue weighted by molar-refractivity contribution is 5.76. The van der Waals surface area contributed by atoms with Crippen molar-refractivity contribution in [2.24, 2.45) is 0 Å². The summed E-state index contributed by atoms with van der Waals surface area (Å²) in [4.78, 5) is 30.0. The lowest BCUT2D eigenvalue weighted by Gasteiger charge is -2.22. The average Bonchev–Trinajstić information content (AvgIpc) is 3.00. The largest absolute Gasteiger partial charge is 0.353 e. The Morgan fingerprint density at radius 2 is 1.87 bits per heavy atom. The van der Waals surface area contributed by atoms with Crippen LogP contribution in [-0.4, -0.2) is 31.1 Å². The molecule has 0 aliphatic heterocycles. The van der Waals surface area contributed by atoms with Crippen LogP contribution in [0.4, 0.5) is 11.6 Å². The zero-order valence-electron chi connectivity index (χ0n) is 17.7. The highest BCUT2D eigenvalue weighted by atomic mass is 16.2. The van der Waals surface area contributed by atoms with Gasteiger partial charge in [0.05, 0.1) is 0 Å². The van der Waals surface area contributed by atoms with Crippen LogP contribution in [0.25, 0.3) is 5.65 Å². The van der Waals surface area contributed by atoms with E-state index >= 15 is 0 Å². The van der Waals surface area contributed by atoms with E-state index in [2.05, 4.69) is 27.6 Å². The lowest BCUT2D eigenvalue weighted by molar-refractivity contribution is -0.122. The summed E-state index contributed by atoms with van der Waals surface area (Å²) in [6, 6.07) is 7.92. The second-order valence-corrected chi connectivity index (χ2v) is 8.18. The van der Waals surface area contributed by atoms with Crippen LogP contribution in [0.3, 0.4) is 0 Å². The van der Waals surface area contributed by atoms with Gasteiger partial charge in [0.2, 0.25) is 11.9 Å². The molecule has 0 unspecified atom stereocenters. The number of hydrogen-bond donors (Lipinski definition) is 2. The zero-order valence-corrected chi connectivity index (χ0v) is 17.7. The minimum atomic E-state index is -0.386. The Bertz CT molecular complexity index is 1140. The third-order valence-corrected chi connectivity index (χ3v) is 5.72. The highest BCUT2D eigenvalue weighted by Crippen LogP contribution is 2.19. The molecular weight excluding hydrogens is 380 g/mol. The quantitative estimate of drug-likeness (QED) is 0.677. The number of nitrogens with one attached hydrogen (secondary N) is 2. The molecule has 2 heterocycles. The van der Waals surface area contributed by atoms with Gasteiger partial charge in [0.15, 0.2) is 5.65 Å². The number of hydrogen-bond acceptors (Lipinski definition) is 5. The molecular formula is C22H28N6O2. The predicted octanol–water partition coefficient (Wildman–Crippen LogP) is 3.01. The van der Waals surface area contributed by atoms with Crippen molar-refractivity contribution in [3.63, 3.8) is 0 Å². The fourth-order valence-electron chi connectivity index (χ4n) is 3.94. The van der Waals surface area contributed by atoms with E-state index in [4.69, 9.17) is 0 Å². The van der Waals surface area contributed by atoms with Crippen LogP contribution in [0.1, 0.15) is 48.9 Å². The number of rotatable bonds is 5. The summed E-state index contributed by atoms with van der Waals surface area (Å²) >= 11 is 0. The van der Waals surface area contributed by atoms with Gasteiger partial charge in [0.25, 0.3) is 0 Å². The van der Waals surface area contributed by atoms with Gasteiger partial charge in [-0.15, -0.1) is 5.10 Å². The van der Waals surface area contributed by atoms with Crippen LogP contribution >= 0.6 is 0 Å². The van der Waals surface area contributed by atoms with Crippen molar-refractivity contribution in [1.82, 2.24) is 24.5 Å². The molecule has 0 spiro atoms. The van der Waals surface area contributed by atoms with Crippen molar-refractivity contribution in [2.75, 3.05) is 5.32 Å². The van der Waals surface area contributed by atoms with Crippen LogP contribution in [0.15, 0.2) is 29.1 Å². The monoisotopic (exact) mass is 408 g/mol. The van der Waals surface area contributed by atoms with Crippen LogP contribution in [-0.2, 0) is 11.3 Å². The number of carbonyl (C=O) groups excluding carboxylic acids is 1. The molecule has 1 aliphatic rings. The molecule has 1 aliphatic carbocycles. The minimum absolute atomic E-state index is 0.0981. The van der Waals surface area contributed by atoms with Crippen LogP contribution < -0.4 is 16.3 Å². The van der Waals surface area contributed by atoms with Crippen LogP contribution in [0.5, 0.6) is 0 Å². The number of benzene rings is 1. The zero-order chi connectivity index (χ0) is 21.3. The number of nitrogens with zero attached hydrogens (tertiary/aromatic N) is 4. The van der Waals surface area contributed by atoms with E-state index in [0.717, 1.165) is 42.6 Å². The van der Waals surface area contributed by atoms with E-state index in [1.165, 1.54) is 21.1 Å². The number of carbonyl (C=O) groups is 1. The van der Waals surface area contributed by atoms with Gasteiger partial charge in [-0.25, -0.2) is 18.9 Å². The molecule has 0 bridgehead atoms. The first kappa shape index (κ1) is 20.1. The SMILES string of the molecule is Cc1cc2nn(CC(=O)NC3CCCCC3)c(=O)n2c(Nc2ccc(C)c(C)c2)n1. The second kappa shape index (κ2) is 8.30. The van der Waals surface area contributed by atoms with Crippen molar-refractivity contribution in [3.05, 3.63) is 51.6 Å². The Hall–Kier alpha value is -3.16.